The van der Waals surface area contributed by atoms with Crippen molar-refractivity contribution in [1.82, 2.24) is 5.32 Å². The van der Waals surface area contributed by atoms with Gasteiger partial charge in [0, 0.05) is 22.8 Å². The van der Waals surface area contributed by atoms with Gasteiger partial charge in [-0.25, -0.2) is 4.99 Å². The number of benzene rings is 1. The third-order valence-corrected chi connectivity index (χ3v) is 5.37. The van der Waals surface area contributed by atoms with E-state index >= 15 is 0 Å². The van der Waals surface area contributed by atoms with Crippen LogP contribution in [0.15, 0.2) is 17.1 Å². The molecule has 1 N–H and O–H groups in total. The van der Waals surface area contributed by atoms with Crippen LogP contribution in [0, 0.1) is 5.92 Å². The van der Waals surface area contributed by atoms with E-state index in [0.717, 1.165) is 0 Å². The fourth-order valence-electron chi connectivity index (χ4n) is 3.77. The molecule has 0 bridgehead atoms. The van der Waals surface area contributed by atoms with Crippen molar-refractivity contribution in [1.29, 1.82) is 0 Å². The Morgan fingerprint density at radius 2 is 1.84 bits per heavy atom. The van der Waals surface area contributed by atoms with Gasteiger partial charge in [-0.1, -0.05) is 46.8 Å². The molecule has 19 heavy (non-hydrogen) atoms. The number of aliphatic imine (C=N–C) groups is 1. The molecule has 0 amide bonds. The largest absolute Gasteiger partial charge is 0.352 e. The highest BCUT2D eigenvalue weighted by Gasteiger charge is 2.48. The Kier molecular flexibility index (Phi) is 2.44. The second-order valence-electron chi connectivity index (χ2n) is 6.87. The fraction of sp³-hybridized carbons (Fsp3) is 0.471. The first-order chi connectivity index (χ1) is 8.87. The molecule has 0 saturated heterocycles. The van der Waals surface area contributed by atoms with Gasteiger partial charge < -0.3 is 5.32 Å². The Labute approximate surface area is 115 Å². The van der Waals surface area contributed by atoms with Crippen molar-refractivity contribution < 1.29 is 0 Å². The van der Waals surface area contributed by atoms with Gasteiger partial charge in [-0.3, -0.25) is 0 Å². The van der Waals surface area contributed by atoms with Crippen LogP contribution in [0.5, 0.6) is 0 Å². The first kappa shape index (κ1) is 12.5. The van der Waals surface area contributed by atoms with E-state index in [1.807, 2.05) is 6.20 Å². The third kappa shape index (κ3) is 1.52. The van der Waals surface area contributed by atoms with Crippen molar-refractivity contribution in [2.24, 2.45) is 10.9 Å². The number of fused-ring (bicyclic) bond motifs is 3. The Morgan fingerprint density at radius 1 is 1.11 bits per heavy atom. The maximum Gasteiger partial charge on any atom is 0.0918 e. The topological polar surface area (TPSA) is 24.4 Å². The van der Waals surface area contributed by atoms with Crippen LogP contribution in [0.3, 0.4) is 0 Å². The molecule has 0 fully saturated rings. The first-order valence-electron chi connectivity index (χ1n) is 6.99. The highest BCUT2D eigenvalue weighted by molar-refractivity contribution is 5.66. The van der Waals surface area contributed by atoms with Gasteiger partial charge in [0.25, 0.3) is 0 Å². The summed E-state index contributed by atoms with van der Waals surface area (Å²) in [7, 11) is 0. The molecule has 100 valence electrons. The summed E-state index contributed by atoms with van der Waals surface area (Å²) in [6.07, 6.45) is 5.78. The molecule has 1 aliphatic carbocycles. The van der Waals surface area contributed by atoms with Gasteiger partial charge in [0.1, 0.15) is 0 Å². The predicted octanol–water partition coefficient (Wildman–Crippen LogP) is 2.00. The summed E-state index contributed by atoms with van der Waals surface area (Å²) in [5.41, 5.74) is 3.36. The first-order valence-corrected chi connectivity index (χ1v) is 6.99. The molecule has 2 nitrogen and oxygen atoms in total. The molecule has 0 saturated carbocycles. The lowest BCUT2D eigenvalue weighted by Gasteiger charge is -2.32. The second kappa shape index (κ2) is 3.72. The van der Waals surface area contributed by atoms with Crippen LogP contribution in [-0.4, -0.2) is 6.34 Å². The van der Waals surface area contributed by atoms with Crippen LogP contribution < -0.4 is 15.8 Å². The van der Waals surface area contributed by atoms with E-state index in [4.69, 9.17) is 0 Å². The zero-order valence-electron chi connectivity index (χ0n) is 12.4. The highest BCUT2D eigenvalue weighted by Crippen LogP contribution is 2.51. The molecular weight excluding hydrogens is 232 g/mol. The smallest absolute Gasteiger partial charge is 0.0918 e. The molecule has 3 rings (SSSR count). The van der Waals surface area contributed by atoms with Crippen LogP contribution >= 0.6 is 0 Å². The lowest BCUT2D eigenvalue weighted by atomic mass is 9.71. The van der Waals surface area contributed by atoms with E-state index in [0.29, 0.717) is 5.92 Å². The Bertz CT molecular complexity index is 678. The predicted molar refractivity (Wildman–Crippen MR) is 81.5 cm³/mol. The van der Waals surface area contributed by atoms with Crippen molar-refractivity contribution >= 4 is 18.7 Å². The molecule has 2 heteroatoms. The fourth-order valence-corrected chi connectivity index (χ4v) is 3.77. The van der Waals surface area contributed by atoms with Crippen LogP contribution in [0.1, 0.15) is 45.7 Å². The van der Waals surface area contributed by atoms with E-state index < -0.39 is 0 Å². The zero-order chi connectivity index (χ0) is 13.8. The van der Waals surface area contributed by atoms with Gasteiger partial charge in [0.15, 0.2) is 0 Å². The molecule has 1 atom stereocenters. The van der Waals surface area contributed by atoms with E-state index in [2.05, 4.69) is 63.3 Å². The molecule has 1 aromatic carbocycles. The maximum absolute atomic E-state index is 4.25. The van der Waals surface area contributed by atoms with E-state index in [9.17, 15) is 0 Å². The van der Waals surface area contributed by atoms with Crippen molar-refractivity contribution in [3.05, 3.63) is 33.7 Å². The number of hydrogen-bond acceptors (Lipinski definition) is 2. The highest BCUT2D eigenvalue weighted by atomic mass is 14.9. The minimum Gasteiger partial charge on any atom is -0.352 e. The summed E-state index contributed by atoms with van der Waals surface area (Å²) in [5.74, 6) is 0.610. The van der Waals surface area contributed by atoms with Crippen molar-refractivity contribution in [3.63, 3.8) is 0 Å². The van der Waals surface area contributed by atoms with E-state index in [-0.39, 0.29) is 10.8 Å². The summed E-state index contributed by atoms with van der Waals surface area (Å²) in [5, 5.41) is 5.67. The van der Waals surface area contributed by atoms with Crippen LogP contribution in [0.2, 0.25) is 0 Å². The zero-order valence-corrected chi connectivity index (χ0v) is 12.4. The molecule has 1 unspecified atom stereocenters. The summed E-state index contributed by atoms with van der Waals surface area (Å²) >= 11 is 0. The molecule has 2 aliphatic rings. The summed E-state index contributed by atoms with van der Waals surface area (Å²) in [4.78, 5) is 4.25. The number of hydrogen-bond donors (Lipinski definition) is 1. The standard InChI is InChI=1S/C17H22N2/c1-11-16(2,3)14-7-6-12-8-18-10-19-9-13(12)15(14)17(11,4)5/h6-11H,1-5H3,(H,18,19). The Hall–Kier alpha value is -1.57. The van der Waals surface area contributed by atoms with Crippen LogP contribution in [0.4, 0.5) is 0 Å². The summed E-state index contributed by atoms with van der Waals surface area (Å²) in [6, 6.07) is 4.50. The van der Waals surface area contributed by atoms with Gasteiger partial charge in [0.05, 0.1) is 6.34 Å². The van der Waals surface area contributed by atoms with Gasteiger partial charge in [-0.05, 0) is 27.9 Å². The van der Waals surface area contributed by atoms with Crippen LogP contribution in [-0.2, 0) is 10.8 Å². The number of nitrogens with zero attached hydrogens (tertiary/aromatic N) is 1. The SMILES string of the molecule is CC1C(C)(C)c2ccc3c(c2C1(C)C)=CNC=NC=3. The Balaban J connectivity index is 2.45. The quantitative estimate of drug-likeness (QED) is 0.752. The maximum atomic E-state index is 4.25. The molecule has 1 aliphatic heterocycles. The minimum atomic E-state index is 0.181. The van der Waals surface area contributed by atoms with E-state index in [1.54, 1.807) is 6.34 Å². The van der Waals surface area contributed by atoms with Gasteiger partial charge in [-0.15, -0.1) is 0 Å². The normalized spacial score (nSPS) is 25.4. The lowest BCUT2D eigenvalue weighted by molar-refractivity contribution is 0.263. The van der Waals surface area contributed by atoms with Crippen molar-refractivity contribution in [2.75, 3.05) is 0 Å². The van der Waals surface area contributed by atoms with Crippen molar-refractivity contribution in [2.45, 2.75) is 45.4 Å². The lowest BCUT2D eigenvalue weighted by Crippen LogP contribution is -2.37. The van der Waals surface area contributed by atoms with Crippen molar-refractivity contribution in [3.8, 4) is 0 Å². The van der Waals surface area contributed by atoms with E-state index in [1.165, 1.54) is 21.6 Å². The number of rotatable bonds is 0. The molecular formula is C17H22N2. The second-order valence-corrected chi connectivity index (χ2v) is 6.87. The molecule has 1 heterocycles. The minimum absolute atomic E-state index is 0.181. The average molecular weight is 254 g/mol. The Morgan fingerprint density at radius 3 is 2.58 bits per heavy atom. The average Bonchev–Trinajstić information content (AvgIpc) is 2.57. The van der Waals surface area contributed by atoms with Gasteiger partial charge in [0.2, 0.25) is 0 Å². The monoisotopic (exact) mass is 254 g/mol. The molecule has 0 spiro atoms. The molecule has 1 aromatic rings. The number of nitrogens with one attached hydrogen (secondary N) is 1. The third-order valence-electron chi connectivity index (χ3n) is 5.37. The molecule has 0 aromatic heterocycles. The summed E-state index contributed by atoms with van der Waals surface area (Å²) < 4.78 is 0. The van der Waals surface area contributed by atoms with Gasteiger partial charge >= 0.3 is 0 Å². The summed E-state index contributed by atoms with van der Waals surface area (Å²) in [6.45, 7) is 11.8. The van der Waals surface area contributed by atoms with Gasteiger partial charge in [-0.2, -0.15) is 0 Å². The van der Waals surface area contributed by atoms with Crippen LogP contribution in [0.25, 0.3) is 12.4 Å². The molecule has 0 radical (unpaired) electrons.